The van der Waals surface area contributed by atoms with E-state index in [4.69, 9.17) is 16.9 Å². The Morgan fingerprint density at radius 3 is 2.91 bits per heavy atom. The standard InChI is InChI=1S/C8H3ClN2/c9-8-5-1-3-7(11-8)4-2-6-10/h1,3,5H. The predicted molar refractivity (Wildman–Crippen MR) is 41.7 cm³/mol. The van der Waals surface area contributed by atoms with Gasteiger partial charge in [0.2, 0.25) is 0 Å². The van der Waals surface area contributed by atoms with Gasteiger partial charge in [0, 0.05) is 5.92 Å². The van der Waals surface area contributed by atoms with E-state index in [0.29, 0.717) is 10.8 Å². The van der Waals surface area contributed by atoms with Gasteiger partial charge in [-0.3, -0.25) is 0 Å². The minimum atomic E-state index is 0.384. The van der Waals surface area contributed by atoms with Crippen LogP contribution in [-0.2, 0) is 0 Å². The third-order valence-electron chi connectivity index (χ3n) is 0.962. The molecule has 0 aliphatic carbocycles. The fourth-order valence-electron chi connectivity index (χ4n) is 0.570. The van der Waals surface area contributed by atoms with Crippen LogP contribution < -0.4 is 0 Å². The van der Waals surface area contributed by atoms with E-state index in [2.05, 4.69) is 16.8 Å². The summed E-state index contributed by atoms with van der Waals surface area (Å²) in [6.07, 6.45) is 0. The summed E-state index contributed by atoms with van der Waals surface area (Å²) in [7, 11) is 0. The molecule has 0 radical (unpaired) electrons. The van der Waals surface area contributed by atoms with Gasteiger partial charge in [-0.2, -0.15) is 5.26 Å². The molecule has 0 amide bonds. The van der Waals surface area contributed by atoms with Gasteiger partial charge in [0.15, 0.2) is 6.07 Å². The van der Waals surface area contributed by atoms with E-state index >= 15 is 0 Å². The molecule has 2 nitrogen and oxygen atoms in total. The van der Waals surface area contributed by atoms with Crippen LogP contribution in [0.15, 0.2) is 18.2 Å². The molecule has 0 saturated carbocycles. The SMILES string of the molecule is N#CC#Cc1cccc(Cl)n1. The van der Waals surface area contributed by atoms with E-state index in [9.17, 15) is 0 Å². The Labute approximate surface area is 69.4 Å². The minimum absolute atomic E-state index is 0.384. The molecule has 0 atom stereocenters. The first-order valence-corrected chi connectivity index (χ1v) is 3.23. The van der Waals surface area contributed by atoms with Gasteiger partial charge in [0.1, 0.15) is 10.8 Å². The highest BCUT2D eigenvalue weighted by Crippen LogP contribution is 2.03. The third-order valence-corrected chi connectivity index (χ3v) is 1.17. The summed E-state index contributed by atoms with van der Waals surface area (Å²) in [6.45, 7) is 0. The highest BCUT2D eigenvalue weighted by molar-refractivity contribution is 6.29. The topological polar surface area (TPSA) is 36.7 Å². The molecule has 0 aliphatic heterocycles. The van der Waals surface area contributed by atoms with Gasteiger partial charge in [-0.15, -0.1) is 0 Å². The molecular formula is C8H3ClN2. The Morgan fingerprint density at radius 1 is 1.45 bits per heavy atom. The summed E-state index contributed by atoms with van der Waals surface area (Å²) >= 11 is 5.56. The lowest BCUT2D eigenvalue weighted by molar-refractivity contribution is 1.29. The van der Waals surface area contributed by atoms with Crippen LogP contribution in [-0.4, -0.2) is 4.98 Å². The van der Waals surface area contributed by atoms with Crippen LogP contribution in [0.5, 0.6) is 0 Å². The molecule has 0 spiro atoms. The van der Waals surface area contributed by atoms with E-state index in [1.54, 1.807) is 24.3 Å². The number of rotatable bonds is 0. The number of halogens is 1. The van der Waals surface area contributed by atoms with Crippen molar-refractivity contribution in [1.29, 1.82) is 5.26 Å². The van der Waals surface area contributed by atoms with Crippen LogP contribution in [0.1, 0.15) is 5.69 Å². The maximum atomic E-state index is 8.11. The second kappa shape index (κ2) is 3.61. The molecule has 1 rings (SSSR count). The van der Waals surface area contributed by atoms with E-state index < -0.39 is 0 Å². The largest absolute Gasteiger partial charge is 0.228 e. The van der Waals surface area contributed by atoms with Crippen molar-refractivity contribution in [2.24, 2.45) is 0 Å². The van der Waals surface area contributed by atoms with Crippen molar-refractivity contribution in [2.45, 2.75) is 0 Å². The lowest BCUT2D eigenvalue weighted by Crippen LogP contribution is -1.80. The van der Waals surface area contributed by atoms with Gasteiger partial charge < -0.3 is 0 Å². The molecule has 0 unspecified atom stereocenters. The Morgan fingerprint density at radius 2 is 2.27 bits per heavy atom. The lowest BCUT2D eigenvalue weighted by atomic mass is 10.3. The average molecular weight is 163 g/mol. The first-order chi connectivity index (χ1) is 5.33. The van der Waals surface area contributed by atoms with Crippen LogP contribution in [0.4, 0.5) is 0 Å². The highest BCUT2D eigenvalue weighted by atomic mass is 35.5. The van der Waals surface area contributed by atoms with Crippen molar-refractivity contribution in [3.63, 3.8) is 0 Å². The highest BCUT2D eigenvalue weighted by Gasteiger charge is 1.88. The molecule has 0 fully saturated rings. The monoisotopic (exact) mass is 162 g/mol. The van der Waals surface area contributed by atoms with Crippen molar-refractivity contribution >= 4 is 11.6 Å². The molecule has 1 heterocycles. The molecule has 0 aliphatic rings. The quantitative estimate of drug-likeness (QED) is 0.429. The first-order valence-electron chi connectivity index (χ1n) is 2.85. The van der Waals surface area contributed by atoms with Gasteiger partial charge in [-0.05, 0) is 18.1 Å². The van der Waals surface area contributed by atoms with Crippen molar-refractivity contribution in [1.82, 2.24) is 4.98 Å². The fourth-order valence-corrected chi connectivity index (χ4v) is 0.734. The van der Waals surface area contributed by atoms with Crippen molar-refractivity contribution in [2.75, 3.05) is 0 Å². The Hall–Kier alpha value is -1.51. The normalized spacial score (nSPS) is 7.64. The second-order valence-corrected chi connectivity index (χ2v) is 2.09. The summed E-state index contributed by atoms with van der Waals surface area (Å²) in [4.78, 5) is 3.85. The third kappa shape index (κ3) is 2.29. The molecule has 1 aromatic heterocycles. The summed E-state index contributed by atoms with van der Waals surface area (Å²) in [6, 6.07) is 6.77. The molecule has 0 bridgehead atoms. The smallest absolute Gasteiger partial charge is 0.152 e. The van der Waals surface area contributed by atoms with Crippen LogP contribution in [0.2, 0.25) is 5.15 Å². The molecule has 1 aromatic rings. The number of nitrogens with zero attached hydrogens (tertiary/aromatic N) is 2. The predicted octanol–water partition coefficient (Wildman–Crippen LogP) is 1.61. The number of hydrogen-bond acceptors (Lipinski definition) is 2. The minimum Gasteiger partial charge on any atom is -0.228 e. The molecule has 0 saturated heterocycles. The van der Waals surface area contributed by atoms with Crippen LogP contribution >= 0.6 is 11.6 Å². The van der Waals surface area contributed by atoms with Gasteiger partial charge in [-0.25, -0.2) is 4.98 Å². The molecule has 0 aromatic carbocycles. The summed E-state index contributed by atoms with van der Waals surface area (Å²) in [5, 5.41) is 8.50. The maximum absolute atomic E-state index is 8.11. The average Bonchev–Trinajstić information content (AvgIpc) is 2.01. The van der Waals surface area contributed by atoms with Crippen LogP contribution in [0.3, 0.4) is 0 Å². The van der Waals surface area contributed by atoms with Crippen molar-refractivity contribution in [3.8, 4) is 17.9 Å². The van der Waals surface area contributed by atoms with E-state index in [1.807, 2.05) is 0 Å². The molecule has 11 heavy (non-hydrogen) atoms. The van der Waals surface area contributed by atoms with Gasteiger partial charge in [0.25, 0.3) is 0 Å². The van der Waals surface area contributed by atoms with Gasteiger partial charge in [-0.1, -0.05) is 17.7 Å². The fraction of sp³-hybridized carbons (Fsp3) is 0. The van der Waals surface area contributed by atoms with Gasteiger partial charge in [0.05, 0.1) is 0 Å². The van der Waals surface area contributed by atoms with E-state index in [0.717, 1.165) is 0 Å². The zero-order valence-electron chi connectivity index (χ0n) is 5.50. The number of hydrogen-bond donors (Lipinski definition) is 0. The summed E-state index contributed by atoms with van der Waals surface area (Å²) < 4.78 is 0. The zero-order chi connectivity index (χ0) is 8.10. The number of nitriles is 1. The molecule has 3 heteroatoms. The van der Waals surface area contributed by atoms with Crippen molar-refractivity contribution < 1.29 is 0 Å². The van der Waals surface area contributed by atoms with Crippen molar-refractivity contribution in [3.05, 3.63) is 29.0 Å². The van der Waals surface area contributed by atoms with Gasteiger partial charge >= 0.3 is 0 Å². The van der Waals surface area contributed by atoms with E-state index in [-0.39, 0.29) is 0 Å². The van der Waals surface area contributed by atoms with Crippen LogP contribution in [0.25, 0.3) is 0 Å². The first kappa shape index (κ1) is 7.60. The molecular weight excluding hydrogens is 160 g/mol. The lowest BCUT2D eigenvalue weighted by Gasteiger charge is -1.87. The Bertz CT molecular complexity index is 354. The van der Waals surface area contributed by atoms with Crippen LogP contribution in [0, 0.1) is 23.2 Å². The summed E-state index contributed by atoms with van der Waals surface area (Å²) in [5.41, 5.74) is 0.513. The number of aromatic nitrogens is 1. The Kier molecular flexibility index (Phi) is 2.49. The second-order valence-electron chi connectivity index (χ2n) is 1.71. The summed E-state index contributed by atoms with van der Waals surface area (Å²) in [5.74, 6) is 4.75. The maximum Gasteiger partial charge on any atom is 0.152 e. The number of pyridine rings is 1. The zero-order valence-corrected chi connectivity index (χ0v) is 6.26. The Balaban J connectivity index is 2.99. The molecule has 52 valence electrons. The van der Waals surface area contributed by atoms with E-state index in [1.165, 1.54) is 0 Å². The molecule has 0 N–H and O–H groups in total.